The zero-order valence-electron chi connectivity index (χ0n) is 13.3. The molecule has 0 spiro atoms. The van der Waals surface area contributed by atoms with Crippen LogP contribution in [0.15, 0.2) is 34.1 Å². The lowest BCUT2D eigenvalue weighted by molar-refractivity contribution is 0.480. The summed E-state index contributed by atoms with van der Waals surface area (Å²) in [4.78, 5) is 2.60. The Morgan fingerprint density at radius 1 is 1.32 bits per heavy atom. The molecule has 0 saturated carbocycles. The van der Waals surface area contributed by atoms with Crippen molar-refractivity contribution in [1.29, 1.82) is 0 Å². The Balaban J connectivity index is 4.79. The molecule has 110 valence electrons. The average molecular weight is 282 g/mol. The van der Waals surface area contributed by atoms with Crippen LogP contribution in [0.2, 0.25) is 0 Å². The second-order valence-electron chi connectivity index (χ2n) is 5.31. The number of allylic oxidation sites excluding steroid dienone is 4. The van der Waals surface area contributed by atoms with E-state index in [4.69, 9.17) is 5.73 Å². The molecule has 0 radical (unpaired) electrons. The summed E-state index contributed by atoms with van der Waals surface area (Å²) >= 11 is 1.82. The molecule has 0 heterocycles. The molecule has 0 aromatic carbocycles. The van der Waals surface area contributed by atoms with Crippen molar-refractivity contribution >= 4 is 11.8 Å². The Morgan fingerprint density at radius 3 is 2.37 bits per heavy atom. The van der Waals surface area contributed by atoms with Crippen molar-refractivity contribution in [3.63, 3.8) is 0 Å². The second kappa shape index (κ2) is 10.3. The van der Waals surface area contributed by atoms with Crippen LogP contribution in [0.25, 0.3) is 0 Å². The predicted molar refractivity (Wildman–Crippen MR) is 91.2 cm³/mol. The molecule has 0 aromatic rings. The van der Waals surface area contributed by atoms with Gasteiger partial charge in [0.25, 0.3) is 0 Å². The summed E-state index contributed by atoms with van der Waals surface area (Å²) in [5.74, 6) is 0.628. The van der Waals surface area contributed by atoms with Gasteiger partial charge < -0.3 is 5.73 Å². The Bertz CT molecular complexity index is 326. The van der Waals surface area contributed by atoms with Crippen LogP contribution in [0, 0.1) is 5.92 Å². The highest BCUT2D eigenvalue weighted by atomic mass is 32.2. The first-order valence-electron chi connectivity index (χ1n) is 7.41. The number of hydrogen-bond donors (Lipinski definition) is 1. The van der Waals surface area contributed by atoms with Gasteiger partial charge in [-0.15, -0.1) is 0 Å². The molecule has 0 fully saturated rings. The first-order chi connectivity index (χ1) is 8.94. The van der Waals surface area contributed by atoms with Gasteiger partial charge in [0.15, 0.2) is 0 Å². The minimum atomic E-state index is 0.283. The minimum Gasteiger partial charge on any atom is -0.328 e. The van der Waals surface area contributed by atoms with Gasteiger partial charge in [0.1, 0.15) is 0 Å². The molecule has 1 nitrogen and oxygen atoms in total. The summed E-state index contributed by atoms with van der Waals surface area (Å²) in [5.41, 5.74) is 7.36. The van der Waals surface area contributed by atoms with E-state index in [1.165, 1.54) is 15.4 Å². The maximum Gasteiger partial charge on any atom is 0.0105 e. The molecule has 0 aliphatic rings. The summed E-state index contributed by atoms with van der Waals surface area (Å²) in [6.45, 7) is 15.0. The lowest BCUT2D eigenvalue weighted by Crippen LogP contribution is -2.18. The van der Waals surface area contributed by atoms with E-state index < -0.39 is 0 Å². The monoisotopic (exact) mass is 281 g/mol. The van der Waals surface area contributed by atoms with Gasteiger partial charge in [-0.05, 0) is 55.9 Å². The van der Waals surface area contributed by atoms with Crippen LogP contribution in [-0.2, 0) is 0 Å². The summed E-state index contributed by atoms with van der Waals surface area (Å²) in [7, 11) is 0. The summed E-state index contributed by atoms with van der Waals surface area (Å²) in [5, 5.41) is 0. The Kier molecular flexibility index (Phi) is 10.1. The third-order valence-corrected chi connectivity index (χ3v) is 4.32. The van der Waals surface area contributed by atoms with Gasteiger partial charge in [-0.3, -0.25) is 0 Å². The van der Waals surface area contributed by atoms with Crippen LogP contribution < -0.4 is 5.73 Å². The summed E-state index contributed by atoms with van der Waals surface area (Å²) in [6.07, 6.45) is 8.86. The molecule has 19 heavy (non-hydrogen) atoms. The molecule has 0 amide bonds. The number of hydrogen-bond acceptors (Lipinski definition) is 2. The minimum absolute atomic E-state index is 0.283. The van der Waals surface area contributed by atoms with Gasteiger partial charge in [0, 0.05) is 10.9 Å². The first-order valence-corrected chi connectivity index (χ1v) is 8.23. The van der Waals surface area contributed by atoms with Crippen molar-refractivity contribution in [3.8, 4) is 0 Å². The highest BCUT2D eigenvalue weighted by Gasteiger charge is 2.12. The van der Waals surface area contributed by atoms with Crippen molar-refractivity contribution in [1.82, 2.24) is 0 Å². The fourth-order valence-corrected chi connectivity index (χ4v) is 3.03. The zero-order valence-corrected chi connectivity index (χ0v) is 14.1. The lowest BCUT2D eigenvalue weighted by Gasteiger charge is -2.18. The van der Waals surface area contributed by atoms with Gasteiger partial charge in [-0.1, -0.05) is 51.3 Å². The fraction of sp³-hybridized carbons (Fsp3) is 0.647. The van der Waals surface area contributed by atoms with E-state index in [0.717, 1.165) is 25.7 Å². The summed E-state index contributed by atoms with van der Waals surface area (Å²) < 4.78 is 0. The first kappa shape index (κ1) is 18.5. The maximum absolute atomic E-state index is 5.90. The van der Waals surface area contributed by atoms with Crippen LogP contribution in [0.4, 0.5) is 0 Å². The summed E-state index contributed by atoms with van der Waals surface area (Å²) in [6, 6.07) is 0.283. The van der Waals surface area contributed by atoms with Crippen molar-refractivity contribution in [2.45, 2.75) is 66.3 Å². The van der Waals surface area contributed by atoms with Crippen molar-refractivity contribution in [2.75, 3.05) is 0 Å². The van der Waals surface area contributed by atoms with Gasteiger partial charge in [0.2, 0.25) is 0 Å². The molecule has 2 N–H and O–H groups in total. The van der Waals surface area contributed by atoms with Crippen LogP contribution in [0.1, 0.15) is 60.3 Å². The normalized spacial score (nSPS) is 16.3. The molecule has 0 aliphatic heterocycles. The van der Waals surface area contributed by atoms with Gasteiger partial charge >= 0.3 is 0 Å². The average Bonchev–Trinajstić information content (AvgIpc) is 2.34. The van der Waals surface area contributed by atoms with E-state index in [-0.39, 0.29) is 6.04 Å². The quantitative estimate of drug-likeness (QED) is 0.553. The van der Waals surface area contributed by atoms with Crippen LogP contribution in [0.5, 0.6) is 0 Å². The molecule has 1 unspecified atom stereocenters. The van der Waals surface area contributed by atoms with Crippen LogP contribution >= 0.6 is 11.8 Å². The van der Waals surface area contributed by atoms with Crippen molar-refractivity contribution in [3.05, 3.63) is 34.1 Å². The molecular weight excluding hydrogens is 250 g/mol. The van der Waals surface area contributed by atoms with Crippen LogP contribution in [-0.4, -0.2) is 6.04 Å². The molecule has 0 bridgehead atoms. The van der Waals surface area contributed by atoms with Crippen molar-refractivity contribution in [2.24, 2.45) is 11.7 Å². The smallest absolute Gasteiger partial charge is 0.0105 e. The van der Waals surface area contributed by atoms with E-state index in [0.29, 0.717) is 5.92 Å². The largest absolute Gasteiger partial charge is 0.328 e. The third-order valence-electron chi connectivity index (χ3n) is 3.02. The van der Waals surface area contributed by atoms with Gasteiger partial charge in [-0.25, -0.2) is 0 Å². The van der Waals surface area contributed by atoms with Crippen LogP contribution in [0.3, 0.4) is 0 Å². The van der Waals surface area contributed by atoms with Gasteiger partial charge in [0.05, 0.1) is 0 Å². The topological polar surface area (TPSA) is 26.0 Å². The molecule has 0 aromatic heterocycles. The lowest BCUT2D eigenvalue weighted by atomic mass is 9.94. The Labute approximate surface area is 124 Å². The maximum atomic E-state index is 5.90. The van der Waals surface area contributed by atoms with E-state index in [1.807, 2.05) is 11.8 Å². The molecule has 0 aliphatic carbocycles. The number of rotatable bonds is 9. The third kappa shape index (κ3) is 8.33. The highest BCUT2D eigenvalue weighted by Crippen LogP contribution is 2.35. The number of thioether (sulfide) groups is 1. The molecular formula is C17H31NS. The fourth-order valence-electron chi connectivity index (χ4n) is 2.16. The van der Waals surface area contributed by atoms with E-state index in [1.54, 1.807) is 0 Å². The van der Waals surface area contributed by atoms with E-state index >= 15 is 0 Å². The zero-order chi connectivity index (χ0) is 14.8. The molecule has 2 heteroatoms. The van der Waals surface area contributed by atoms with Crippen molar-refractivity contribution < 1.29 is 0 Å². The van der Waals surface area contributed by atoms with E-state index in [2.05, 4.69) is 53.3 Å². The molecule has 0 saturated heterocycles. The van der Waals surface area contributed by atoms with E-state index in [9.17, 15) is 0 Å². The number of nitrogens with two attached hydrogens (primary N) is 1. The Hall–Kier alpha value is -0.470. The second-order valence-corrected chi connectivity index (χ2v) is 6.53. The highest BCUT2D eigenvalue weighted by molar-refractivity contribution is 8.06. The molecule has 0 rings (SSSR count). The predicted octanol–water partition coefficient (Wildman–Crippen LogP) is 5.65. The Morgan fingerprint density at radius 2 is 1.95 bits per heavy atom. The molecule has 2 atom stereocenters. The van der Waals surface area contributed by atoms with Gasteiger partial charge in [-0.2, -0.15) is 0 Å². The standard InChI is InChI=1S/C17H31NS/c1-7-10-16(12-13(4)11-14(5)18)17(9-3)19-15(6)8-2/h9-10,13-14H,6-8,11-12,18H2,1-5H3/b16-10+,17-9-/t13-,14?/m0/s1. The SMILES string of the molecule is C=C(CC)SC(=C\C)/C(=C/CC)C[C@@H](C)CC(C)N.